The Morgan fingerprint density at radius 2 is 1.78 bits per heavy atom. The second-order valence-corrected chi connectivity index (χ2v) is 6.97. The molecule has 0 bridgehead atoms. The molecule has 2 rings (SSSR count). The fourth-order valence-corrected chi connectivity index (χ4v) is 4.25. The van der Waals surface area contributed by atoms with E-state index in [4.69, 9.17) is 6.57 Å². The molecule has 0 aliphatic heterocycles. The summed E-state index contributed by atoms with van der Waals surface area (Å²) in [5, 5.41) is -0.900. The molecule has 0 amide bonds. The van der Waals surface area contributed by atoms with Gasteiger partial charge in [0, 0.05) is 5.92 Å². The van der Waals surface area contributed by atoms with Crippen LogP contribution in [0.15, 0.2) is 29.2 Å². The average Bonchev–Trinajstić information content (AvgIpc) is 2.84. The van der Waals surface area contributed by atoms with Crippen LogP contribution in [-0.4, -0.2) is 13.8 Å². The lowest BCUT2D eigenvalue weighted by Gasteiger charge is -2.13. The van der Waals surface area contributed by atoms with Gasteiger partial charge in [-0.3, -0.25) is 4.85 Å². The van der Waals surface area contributed by atoms with Crippen molar-refractivity contribution in [2.24, 2.45) is 5.92 Å². The molecule has 1 aliphatic carbocycles. The fraction of sp³-hybridized carbons (Fsp3) is 0.500. The van der Waals surface area contributed by atoms with Crippen LogP contribution >= 0.6 is 0 Å². The highest BCUT2D eigenvalue weighted by Crippen LogP contribution is 2.34. The summed E-state index contributed by atoms with van der Waals surface area (Å²) < 4.78 is 24.9. The molecule has 0 radical (unpaired) electrons. The zero-order valence-electron chi connectivity index (χ0n) is 10.5. The van der Waals surface area contributed by atoms with Gasteiger partial charge in [0.15, 0.2) is 0 Å². The zero-order chi connectivity index (χ0) is 13.2. The molecule has 0 unspecified atom stereocenters. The largest absolute Gasteiger partial charge is 0.327 e. The minimum atomic E-state index is -3.51. The number of sulfone groups is 1. The van der Waals surface area contributed by atoms with Gasteiger partial charge in [-0.15, -0.1) is 0 Å². The van der Waals surface area contributed by atoms with E-state index in [1.165, 1.54) is 0 Å². The molecule has 0 saturated heterocycles. The van der Waals surface area contributed by atoms with Crippen molar-refractivity contribution in [1.82, 2.24) is 0 Å². The second kappa shape index (κ2) is 5.11. The first kappa shape index (κ1) is 13.1. The standard InChI is InChI=1S/C14H17NO2S/c1-11-7-9-13(10-8-11)18(16,17)14(15-2)12-5-3-4-6-12/h7-10,12,14H,3-6H2,1H3/t14-/m0/s1. The lowest BCUT2D eigenvalue weighted by molar-refractivity contribution is 0.520. The van der Waals surface area contributed by atoms with Crippen LogP contribution in [0.25, 0.3) is 4.85 Å². The first-order chi connectivity index (χ1) is 8.55. The highest BCUT2D eigenvalue weighted by Gasteiger charge is 2.41. The SMILES string of the molecule is [C-]#[N+][C@H](C1CCCC1)S(=O)(=O)c1ccc(C)cc1. The third kappa shape index (κ3) is 2.41. The van der Waals surface area contributed by atoms with Crippen LogP contribution in [0, 0.1) is 19.4 Å². The van der Waals surface area contributed by atoms with Gasteiger partial charge in [0.1, 0.15) is 0 Å². The van der Waals surface area contributed by atoms with Gasteiger partial charge < -0.3 is 0 Å². The Balaban J connectivity index is 2.34. The molecule has 96 valence electrons. The van der Waals surface area contributed by atoms with Gasteiger partial charge in [-0.1, -0.05) is 30.5 Å². The molecule has 0 N–H and O–H groups in total. The van der Waals surface area contributed by atoms with Crippen LogP contribution in [0.5, 0.6) is 0 Å². The Bertz CT molecular complexity index is 548. The molecule has 3 nitrogen and oxygen atoms in total. The molecule has 18 heavy (non-hydrogen) atoms. The normalized spacial score (nSPS) is 18.4. The molecule has 0 heterocycles. The van der Waals surface area contributed by atoms with Crippen molar-refractivity contribution in [3.8, 4) is 0 Å². The lowest BCUT2D eigenvalue weighted by Crippen LogP contribution is -2.25. The fourth-order valence-electron chi connectivity index (χ4n) is 2.54. The number of aryl methyl sites for hydroxylation is 1. The Morgan fingerprint density at radius 1 is 1.22 bits per heavy atom. The number of hydrogen-bond acceptors (Lipinski definition) is 2. The van der Waals surface area contributed by atoms with Gasteiger partial charge in [0.05, 0.1) is 4.90 Å². The quantitative estimate of drug-likeness (QED) is 0.785. The van der Waals surface area contributed by atoms with E-state index in [1.54, 1.807) is 24.3 Å². The number of hydrogen-bond donors (Lipinski definition) is 0. The number of rotatable bonds is 3. The van der Waals surface area contributed by atoms with E-state index in [0.717, 1.165) is 31.2 Å². The van der Waals surface area contributed by atoms with E-state index in [2.05, 4.69) is 4.85 Å². The predicted molar refractivity (Wildman–Crippen MR) is 70.7 cm³/mol. The zero-order valence-corrected chi connectivity index (χ0v) is 11.3. The summed E-state index contributed by atoms with van der Waals surface area (Å²) in [6, 6.07) is 6.78. The minimum Gasteiger partial charge on any atom is -0.296 e. The van der Waals surface area contributed by atoms with Gasteiger partial charge in [0.25, 0.3) is 9.84 Å². The Kier molecular flexibility index (Phi) is 3.72. The predicted octanol–water partition coefficient (Wildman–Crippen LogP) is 3.20. The van der Waals surface area contributed by atoms with Crippen molar-refractivity contribution in [3.63, 3.8) is 0 Å². The van der Waals surface area contributed by atoms with Crippen molar-refractivity contribution in [3.05, 3.63) is 41.2 Å². The van der Waals surface area contributed by atoms with Crippen LogP contribution in [-0.2, 0) is 9.84 Å². The first-order valence-electron chi connectivity index (χ1n) is 6.23. The molecule has 1 aromatic rings. The summed E-state index contributed by atoms with van der Waals surface area (Å²) in [6.45, 7) is 9.13. The van der Waals surface area contributed by atoms with Crippen LogP contribution < -0.4 is 0 Å². The van der Waals surface area contributed by atoms with E-state index < -0.39 is 15.2 Å². The van der Waals surface area contributed by atoms with E-state index >= 15 is 0 Å². The van der Waals surface area contributed by atoms with Crippen LogP contribution in [0.4, 0.5) is 0 Å². The van der Waals surface area contributed by atoms with Crippen LogP contribution in [0.1, 0.15) is 31.2 Å². The van der Waals surface area contributed by atoms with Gasteiger partial charge in [0.2, 0.25) is 0 Å². The molecule has 0 aromatic heterocycles. The summed E-state index contributed by atoms with van der Waals surface area (Å²) in [6.07, 6.45) is 3.80. The van der Waals surface area contributed by atoms with E-state index in [1.807, 2.05) is 6.92 Å². The minimum absolute atomic E-state index is 0.00815. The smallest absolute Gasteiger partial charge is 0.296 e. The highest BCUT2D eigenvalue weighted by atomic mass is 32.2. The van der Waals surface area contributed by atoms with Crippen molar-refractivity contribution in [2.75, 3.05) is 0 Å². The van der Waals surface area contributed by atoms with Crippen molar-refractivity contribution in [2.45, 2.75) is 42.9 Å². The van der Waals surface area contributed by atoms with E-state index in [0.29, 0.717) is 0 Å². The summed E-state index contributed by atoms with van der Waals surface area (Å²) in [4.78, 5) is 3.68. The summed E-state index contributed by atoms with van der Waals surface area (Å²) >= 11 is 0. The number of nitrogens with zero attached hydrogens (tertiary/aromatic N) is 1. The Labute approximate surface area is 109 Å². The first-order valence-corrected chi connectivity index (χ1v) is 7.77. The Hall–Kier alpha value is -1.34. The Morgan fingerprint density at radius 3 is 2.28 bits per heavy atom. The maximum atomic E-state index is 12.4. The molecule has 1 fully saturated rings. The highest BCUT2D eigenvalue weighted by molar-refractivity contribution is 7.92. The second-order valence-electron chi connectivity index (χ2n) is 4.92. The maximum absolute atomic E-state index is 12.4. The van der Waals surface area contributed by atoms with Crippen molar-refractivity contribution in [1.29, 1.82) is 0 Å². The summed E-state index contributed by atoms with van der Waals surface area (Å²) in [5.74, 6) is 0.00815. The molecule has 1 atom stereocenters. The maximum Gasteiger partial charge on any atom is 0.327 e. The van der Waals surface area contributed by atoms with Crippen molar-refractivity contribution >= 4 is 9.84 Å². The van der Waals surface area contributed by atoms with Crippen LogP contribution in [0.3, 0.4) is 0 Å². The molecule has 4 heteroatoms. The average molecular weight is 263 g/mol. The summed E-state index contributed by atoms with van der Waals surface area (Å²) in [7, 11) is -3.51. The van der Waals surface area contributed by atoms with Crippen molar-refractivity contribution < 1.29 is 8.42 Å². The van der Waals surface area contributed by atoms with Gasteiger partial charge >= 0.3 is 5.37 Å². The summed E-state index contributed by atoms with van der Waals surface area (Å²) in [5.41, 5.74) is 1.02. The van der Waals surface area contributed by atoms with Crippen LogP contribution in [0.2, 0.25) is 0 Å². The van der Waals surface area contributed by atoms with Gasteiger partial charge in [-0.05, 0) is 31.9 Å². The molecule has 0 spiro atoms. The third-order valence-electron chi connectivity index (χ3n) is 3.60. The molecule has 1 saturated carbocycles. The van der Waals surface area contributed by atoms with Gasteiger partial charge in [-0.25, -0.2) is 15.0 Å². The topological polar surface area (TPSA) is 38.5 Å². The molecule has 1 aliphatic rings. The number of benzene rings is 1. The van der Waals surface area contributed by atoms with Gasteiger partial charge in [-0.2, -0.15) is 0 Å². The molecule has 1 aromatic carbocycles. The van der Waals surface area contributed by atoms with E-state index in [9.17, 15) is 8.42 Å². The molecular formula is C14H17NO2S. The lowest BCUT2D eigenvalue weighted by atomic mass is 10.1. The third-order valence-corrected chi connectivity index (χ3v) is 5.65. The monoisotopic (exact) mass is 263 g/mol. The van der Waals surface area contributed by atoms with E-state index in [-0.39, 0.29) is 10.8 Å². The molecular weight excluding hydrogens is 246 g/mol.